The molecule has 6 nitrogen and oxygen atoms in total. The van der Waals surface area contributed by atoms with E-state index in [1.165, 1.54) is 6.42 Å². The van der Waals surface area contributed by atoms with Gasteiger partial charge in [-0.1, -0.05) is 39.0 Å². The van der Waals surface area contributed by atoms with Gasteiger partial charge < -0.3 is 14.9 Å². The molecule has 0 aliphatic rings. The standard InChI is InChI=1S/C19H36N2O4/c1-4-5-6-9-12-17(22)20(2)15-16-21(3)18(23)13-10-7-8-11-14-19(24)25/h4-16H2,1-3H3,(H,24,25). The summed E-state index contributed by atoms with van der Waals surface area (Å²) < 4.78 is 0. The van der Waals surface area contributed by atoms with Crippen LogP contribution in [0.4, 0.5) is 0 Å². The molecule has 0 saturated carbocycles. The molecular weight excluding hydrogens is 320 g/mol. The third-order valence-electron chi connectivity index (χ3n) is 4.40. The van der Waals surface area contributed by atoms with Crippen LogP contribution in [0.15, 0.2) is 0 Å². The Hall–Kier alpha value is -1.59. The number of carboxylic acids is 1. The highest BCUT2D eigenvalue weighted by Gasteiger charge is 2.12. The van der Waals surface area contributed by atoms with Crippen molar-refractivity contribution in [3.8, 4) is 0 Å². The minimum Gasteiger partial charge on any atom is -0.481 e. The fraction of sp³-hybridized carbons (Fsp3) is 0.842. The van der Waals surface area contributed by atoms with E-state index in [-0.39, 0.29) is 18.2 Å². The highest BCUT2D eigenvalue weighted by atomic mass is 16.4. The zero-order valence-corrected chi connectivity index (χ0v) is 16.3. The predicted octanol–water partition coefficient (Wildman–Crippen LogP) is 3.30. The summed E-state index contributed by atoms with van der Waals surface area (Å²) in [5, 5.41) is 8.56. The maximum absolute atomic E-state index is 12.0. The van der Waals surface area contributed by atoms with Crippen molar-refractivity contribution in [3.63, 3.8) is 0 Å². The molecule has 0 fully saturated rings. The lowest BCUT2D eigenvalue weighted by atomic mass is 10.1. The molecule has 6 heteroatoms. The van der Waals surface area contributed by atoms with Gasteiger partial charge in [-0.25, -0.2) is 0 Å². The third kappa shape index (κ3) is 13.4. The minimum absolute atomic E-state index is 0.0852. The van der Waals surface area contributed by atoms with Crippen molar-refractivity contribution in [1.29, 1.82) is 0 Å². The summed E-state index contributed by atoms with van der Waals surface area (Å²) in [5.41, 5.74) is 0. The Bertz CT molecular complexity index is 399. The Balaban J connectivity index is 3.77. The van der Waals surface area contributed by atoms with Crippen molar-refractivity contribution in [2.75, 3.05) is 27.2 Å². The summed E-state index contributed by atoms with van der Waals surface area (Å²) in [6, 6.07) is 0. The van der Waals surface area contributed by atoms with Gasteiger partial charge >= 0.3 is 5.97 Å². The van der Waals surface area contributed by atoms with E-state index in [0.29, 0.717) is 32.4 Å². The van der Waals surface area contributed by atoms with Crippen LogP contribution in [0.2, 0.25) is 0 Å². The fourth-order valence-electron chi connectivity index (χ4n) is 2.54. The summed E-state index contributed by atoms with van der Waals surface area (Å²) in [6.45, 7) is 3.26. The number of hydrogen-bond donors (Lipinski definition) is 1. The van der Waals surface area contributed by atoms with Gasteiger partial charge in [0.1, 0.15) is 0 Å². The highest BCUT2D eigenvalue weighted by Crippen LogP contribution is 2.07. The van der Waals surface area contributed by atoms with Gasteiger partial charge in [-0.2, -0.15) is 0 Å². The number of carboxylic acid groups (broad SMARTS) is 1. The molecule has 0 spiro atoms. The predicted molar refractivity (Wildman–Crippen MR) is 99.4 cm³/mol. The Morgan fingerprint density at radius 2 is 1.08 bits per heavy atom. The van der Waals surface area contributed by atoms with Gasteiger partial charge in [-0.3, -0.25) is 14.4 Å². The fourth-order valence-corrected chi connectivity index (χ4v) is 2.54. The maximum Gasteiger partial charge on any atom is 0.303 e. The Labute approximate surface area is 152 Å². The van der Waals surface area contributed by atoms with Gasteiger partial charge in [0.15, 0.2) is 0 Å². The van der Waals surface area contributed by atoms with Crippen LogP contribution in [-0.2, 0) is 14.4 Å². The second-order valence-electron chi connectivity index (χ2n) is 6.75. The quantitative estimate of drug-likeness (QED) is 0.457. The summed E-state index contributed by atoms with van der Waals surface area (Å²) in [4.78, 5) is 37.8. The van der Waals surface area contributed by atoms with Crippen LogP contribution in [0.5, 0.6) is 0 Å². The Kier molecular flexibility index (Phi) is 13.8. The summed E-state index contributed by atoms with van der Waals surface area (Å²) >= 11 is 0. The first-order chi connectivity index (χ1) is 11.9. The van der Waals surface area contributed by atoms with E-state index in [1.807, 2.05) is 0 Å². The van der Waals surface area contributed by atoms with Gasteiger partial charge in [-0.15, -0.1) is 0 Å². The molecule has 146 valence electrons. The van der Waals surface area contributed by atoms with E-state index in [4.69, 9.17) is 5.11 Å². The van der Waals surface area contributed by atoms with Crippen LogP contribution in [0, 0.1) is 0 Å². The molecule has 0 aromatic rings. The molecule has 0 aliphatic carbocycles. The van der Waals surface area contributed by atoms with E-state index in [1.54, 1.807) is 23.9 Å². The number of hydrogen-bond acceptors (Lipinski definition) is 3. The lowest BCUT2D eigenvalue weighted by molar-refractivity contribution is -0.137. The lowest BCUT2D eigenvalue weighted by Crippen LogP contribution is -2.37. The van der Waals surface area contributed by atoms with Gasteiger partial charge in [0, 0.05) is 46.4 Å². The van der Waals surface area contributed by atoms with Crippen molar-refractivity contribution in [2.24, 2.45) is 0 Å². The lowest BCUT2D eigenvalue weighted by Gasteiger charge is -2.22. The molecular formula is C19H36N2O4. The van der Waals surface area contributed by atoms with Crippen LogP contribution in [-0.4, -0.2) is 59.9 Å². The van der Waals surface area contributed by atoms with E-state index in [2.05, 4.69) is 6.92 Å². The van der Waals surface area contributed by atoms with E-state index >= 15 is 0 Å². The van der Waals surface area contributed by atoms with Crippen LogP contribution in [0.3, 0.4) is 0 Å². The van der Waals surface area contributed by atoms with Crippen molar-refractivity contribution in [1.82, 2.24) is 9.80 Å². The van der Waals surface area contributed by atoms with Crippen molar-refractivity contribution in [2.45, 2.75) is 77.6 Å². The van der Waals surface area contributed by atoms with Crippen LogP contribution in [0.1, 0.15) is 77.6 Å². The number of carbonyl (C=O) groups excluding carboxylic acids is 2. The Morgan fingerprint density at radius 1 is 0.680 bits per heavy atom. The van der Waals surface area contributed by atoms with E-state index in [0.717, 1.165) is 38.5 Å². The molecule has 25 heavy (non-hydrogen) atoms. The molecule has 0 aromatic carbocycles. The van der Waals surface area contributed by atoms with Crippen molar-refractivity contribution in [3.05, 3.63) is 0 Å². The second-order valence-corrected chi connectivity index (χ2v) is 6.75. The Morgan fingerprint density at radius 3 is 1.48 bits per heavy atom. The largest absolute Gasteiger partial charge is 0.481 e. The number of rotatable bonds is 15. The SMILES string of the molecule is CCCCCCC(=O)N(C)CCN(C)C(=O)CCCCCCC(=O)O. The van der Waals surface area contributed by atoms with E-state index in [9.17, 15) is 14.4 Å². The molecule has 0 bridgehead atoms. The number of nitrogens with zero attached hydrogens (tertiary/aromatic N) is 2. The smallest absolute Gasteiger partial charge is 0.303 e. The first-order valence-corrected chi connectivity index (χ1v) is 9.58. The zero-order chi connectivity index (χ0) is 19.1. The average molecular weight is 357 g/mol. The molecule has 0 aromatic heterocycles. The molecule has 0 aliphatic heterocycles. The molecule has 0 saturated heterocycles. The van der Waals surface area contributed by atoms with Crippen LogP contribution < -0.4 is 0 Å². The van der Waals surface area contributed by atoms with Crippen LogP contribution in [0.25, 0.3) is 0 Å². The number of carbonyl (C=O) groups is 3. The number of likely N-dealkylation sites (N-methyl/N-ethyl adjacent to an activating group) is 2. The van der Waals surface area contributed by atoms with Gasteiger partial charge in [0.2, 0.25) is 11.8 Å². The highest BCUT2D eigenvalue weighted by molar-refractivity contribution is 5.77. The molecule has 0 radical (unpaired) electrons. The number of unbranched alkanes of at least 4 members (excludes halogenated alkanes) is 6. The molecule has 0 heterocycles. The number of aliphatic carboxylic acids is 1. The maximum atomic E-state index is 12.0. The van der Waals surface area contributed by atoms with E-state index < -0.39 is 5.97 Å². The van der Waals surface area contributed by atoms with Crippen molar-refractivity contribution >= 4 is 17.8 Å². The third-order valence-corrected chi connectivity index (χ3v) is 4.40. The van der Waals surface area contributed by atoms with Gasteiger partial charge in [-0.05, 0) is 19.3 Å². The zero-order valence-electron chi connectivity index (χ0n) is 16.3. The van der Waals surface area contributed by atoms with Crippen LogP contribution >= 0.6 is 0 Å². The molecule has 1 N–H and O–H groups in total. The number of amides is 2. The first-order valence-electron chi connectivity index (χ1n) is 9.58. The molecule has 0 atom stereocenters. The topological polar surface area (TPSA) is 77.9 Å². The van der Waals surface area contributed by atoms with Gasteiger partial charge in [0.25, 0.3) is 0 Å². The average Bonchev–Trinajstić information content (AvgIpc) is 2.58. The van der Waals surface area contributed by atoms with Gasteiger partial charge in [0.05, 0.1) is 0 Å². The summed E-state index contributed by atoms with van der Waals surface area (Å²) in [7, 11) is 3.56. The monoisotopic (exact) mass is 356 g/mol. The molecule has 2 amide bonds. The molecule has 0 unspecified atom stereocenters. The molecule has 0 rings (SSSR count). The van der Waals surface area contributed by atoms with Crippen molar-refractivity contribution < 1.29 is 19.5 Å². The minimum atomic E-state index is -0.764. The first kappa shape index (κ1) is 23.4. The summed E-state index contributed by atoms with van der Waals surface area (Å²) in [6.07, 6.45) is 8.83. The summed E-state index contributed by atoms with van der Waals surface area (Å²) in [5.74, 6) is -0.530. The second kappa shape index (κ2) is 14.7. The normalized spacial score (nSPS) is 10.5.